The van der Waals surface area contributed by atoms with Gasteiger partial charge in [0.15, 0.2) is 0 Å². The number of nitrogens with zero attached hydrogens (tertiary/aromatic N) is 2. The lowest BCUT2D eigenvalue weighted by molar-refractivity contribution is -0.147. The smallest absolute Gasteiger partial charge is 0.408 e. The molecule has 1 unspecified atom stereocenters. The third-order valence-electron chi connectivity index (χ3n) is 9.79. The molecule has 1 saturated heterocycles. The van der Waals surface area contributed by atoms with Crippen molar-refractivity contribution in [3.05, 3.63) is 59.7 Å². The molecule has 4 aliphatic rings. The number of oxime groups is 1. The Bertz CT molecular complexity index is 1590. The summed E-state index contributed by atoms with van der Waals surface area (Å²) in [6.07, 6.45) is -1.93. The summed E-state index contributed by atoms with van der Waals surface area (Å²) in [7, 11) is 0. The van der Waals surface area contributed by atoms with E-state index in [1.54, 1.807) is 20.8 Å². The van der Waals surface area contributed by atoms with Crippen molar-refractivity contribution in [3.63, 3.8) is 0 Å². The van der Waals surface area contributed by atoms with Gasteiger partial charge >= 0.3 is 12.1 Å². The predicted molar refractivity (Wildman–Crippen MR) is 170 cm³/mol. The quantitative estimate of drug-likeness (QED) is 0.280. The van der Waals surface area contributed by atoms with E-state index in [0.717, 1.165) is 47.9 Å². The number of likely N-dealkylation sites (tertiary alicyclic amines) is 1. The van der Waals surface area contributed by atoms with E-state index in [9.17, 15) is 33.1 Å². The van der Waals surface area contributed by atoms with E-state index in [-0.39, 0.29) is 19.1 Å². The van der Waals surface area contributed by atoms with Gasteiger partial charge in [0.25, 0.3) is 0 Å². The Labute approximate surface area is 277 Å². The number of nitrogens with one attached hydrogen (secondary N) is 2. The number of halogens is 2. The maximum absolute atomic E-state index is 14.2. The first kappa shape index (κ1) is 33.4. The van der Waals surface area contributed by atoms with Crippen LogP contribution in [0.2, 0.25) is 0 Å². The van der Waals surface area contributed by atoms with Crippen molar-refractivity contribution in [1.82, 2.24) is 15.5 Å². The summed E-state index contributed by atoms with van der Waals surface area (Å²) in [5.41, 5.74) is 1.29. The summed E-state index contributed by atoms with van der Waals surface area (Å²) in [5, 5.41) is 19.3. The predicted octanol–water partition coefficient (Wildman–Crippen LogP) is 4.71. The Morgan fingerprint density at radius 1 is 0.958 bits per heavy atom. The number of alkyl halides is 2. The highest BCUT2D eigenvalue weighted by atomic mass is 19.3. The molecule has 3 fully saturated rings. The van der Waals surface area contributed by atoms with Gasteiger partial charge in [-0.05, 0) is 48.6 Å². The molecule has 5 atom stereocenters. The normalized spacial score (nSPS) is 25.2. The molecule has 48 heavy (non-hydrogen) atoms. The molecule has 3 aliphatic carbocycles. The molecule has 2 aromatic carbocycles. The summed E-state index contributed by atoms with van der Waals surface area (Å²) in [6, 6.07) is 13.0. The number of ether oxygens (including phenoxy) is 1. The first-order chi connectivity index (χ1) is 22.8. The highest BCUT2D eigenvalue weighted by molar-refractivity contribution is 6.24. The number of carboxylic acids is 1. The van der Waals surface area contributed by atoms with Crippen LogP contribution in [0.3, 0.4) is 0 Å². The van der Waals surface area contributed by atoms with E-state index < -0.39 is 71.8 Å². The van der Waals surface area contributed by atoms with Crippen molar-refractivity contribution < 1.29 is 42.6 Å². The lowest BCUT2D eigenvalue weighted by Gasteiger charge is -2.35. The summed E-state index contributed by atoms with van der Waals surface area (Å²) in [5.74, 6) is -4.64. The van der Waals surface area contributed by atoms with Crippen LogP contribution in [-0.2, 0) is 24.0 Å². The van der Waals surface area contributed by atoms with Crippen molar-refractivity contribution in [2.75, 3.05) is 6.54 Å². The van der Waals surface area contributed by atoms with Gasteiger partial charge in [-0.25, -0.2) is 18.4 Å². The van der Waals surface area contributed by atoms with Gasteiger partial charge in [0, 0.05) is 17.5 Å². The van der Waals surface area contributed by atoms with E-state index >= 15 is 0 Å². The van der Waals surface area contributed by atoms with Crippen LogP contribution in [0, 0.1) is 11.3 Å². The Hall–Kier alpha value is -4.55. The lowest BCUT2D eigenvalue weighted by atomic mass is 9.85. The van der Waals surface area contributed by atoms with Gasteiger partial charge in [-0.3, -0.25) is 9.59 Å². The van der Waals surface area contributed by atoms with Crippen LogP contribution < -0.4 is 10.6 Å². The molecule has 0 aromatic heterocycles. The summed E-state index contributed by atoms with van der Waals surface area (Å²) in [6.45, 7) is 5.13. The zero-order valence-electron chi connectivity index (χ0n) is 27.1. The maximum Gasteiger partial charge on any atom is 0.408 e. The molecule has 6 rings (SSSR count). The van der Waals surface area contributed by atoms with E-state index in [4.69, 9.17) is 9.57 Å². The number of rotatable bonds is 9. The molecule has 1 aliphatic heterocycles. The number of amides is 3. The minimum Gasteiger partial charge on any atom is -0.479 e. The number of fused-ring (bicyclic) bond motifs is 3. The third-order valence-corrected chi connectivity index (χ3v) is 9.79. The van der Waals surface area contributed by atoms with Gasteiger partial charge in [-0.2, -0.15) is 0 Å². The lowest BCUT2D eigenvalue weighted by Crippen LogP contribution is -2.59. The van der Waals surface area contributed by atoms with Gasteiger partial charge in [0.2, 0.25) is 18.2 Å². The first-order valence-electron chi connectivity index (χ1n) is 16.3. The van der Waals surface area contributed by atoms with E-state index in [1.165, 1.54) is 4.90 Å². The van der Waals surface area contributed by atoms with Gasteiger partial charge in [0.05, 0.1) is 12.5 Å². The van der Waals surface area contributed by atoms with Crippen LogP contribution >= 0.6 is 0 Å². The maximum atomic E-state index is 14.2. The van der Waals surface area contributed by atoms with Gasteiger partial charge in [-0.1, -0.05) is 74.5 Å². The van der Waals surface area contributed by atoms with Crippen LogP contribution in [-0.4, -0.2) is 82.4 Å². The number of hydrogen-bond acceptors (Lipinski definition) is 7. The van der Waals surface area contributed by atoms with Crippen molar-refractivity contribution in [1.29, 1.82) is 0 Å². The molecule has 0 radical (unpaired) electrons. The van der Waals surface area contributed by atoms with Crippen molar-refractivity contribution >= 4 is 29.6 Å². The summed E-state index contributed by atoms with van der Waals surface area (Å²) >= 11 is 0. The number of aliphatic carboxylic acids is 1. The summed E-state index contributed by atoms with van der Waals surface area (Å²) in [4.78, 5) is 60.2. The molecule has 2 saturated carbocycles. The number of hydrogen-bond donors (Lipinski definition) is 3. The minimum atomic E-state index is -2.95. The molecule has 3 amide bonds. The molecule has 256 valence electrons. The Balaban J connectivity index is 1.27. The SMILES string of the molecule is CC(C)(C)[C@H](NC(=O)OC1CCCC1)C(=O)N1C[C@H](ON=C2c3ccccc3-c3ccccc32)CC1C(=O)N[C@@]1(C(=O)O)C[C@H]1C(F)F. The number of benzene rings is 2. The Morgan fingerprint density at radius 3 is 2.06 bits per heavy atom. The van der Waals surface area contributed by atoms with Crippen LogP contribution in [0.5, 0.6) is 0 Å². The van der Waals surface area contributed by atoms with Crippen molar-refractivity contribution in [2.45, 2.75) is 95.6 Å². The van der Waals surface area contributed by atoms with Crippen LogP contribution in [0.1, 0.15) is 70.4 Å². The second kappa shape index (κ2) is 12.8. The average molecular weight is 667 g/mol. The number of carboxylic acid groups (broad SMARTS) is 1. The van der Waals surface area contributed by atoms with Crippen molar-refractivity contribution in [2.24, 2.45) is 16.5 Å². The molecule has 3 N–H and O–H groups in total. The van der Waals surface area contributed by atoms with Crippen LogP contribution in [0.15, 0.2) is 53.7 Å². The fourth-order valence-electron chi connectivity index (χ4n) is 7.05. The number of carbonyl (C=O) groups is 4. The van der Waals surface area contributed by atoms with E-state index in [0.29, 0.717) is 5.71 Å². The van der Waals surface area contributed by atoms with Crippen LogP contribution in [0.4, 0.5) is 13.6 Å². The van der Waals surface area contributed by atoms with E-state index in [2.05, 4.69) is 15.8 Å². The first-order valence-corrected chi connectivity index (χ1v) is 16.3. The topological polar surface area (TPSA) is 147 Å². The molecule has 1 heterocycles. The molecular weight excluding hydrogens is 626 g/mol. The molecular formula is C35H40F2N4O7. The monoisotopic (exact) mass is 666 g/mol. The van der Waals surface area contributed by atoms with Crippen molar-refractivity contribution in [3.8, 4) is 11.1 Å². The standard InChI is InChI=1S/C35H40F2N4O7/c1-34(2,3)28(38-33(46)47-19-10-4-5-11-19)31(43)41-18-20(16-26(41)30(42)39-35(32(44)45)17-25(35)29(36)37)48-40-27-23-14-8-6-12-21(23)22-13-7-9-15-24(22)27/h6-9,12-15,19-20,25-26,28-29H,4-5,10-11,16-18H2,1-3H3,(H,38,46)(H,39,42)(H,44,45)/t20-,25+,26?,28-,35+/m1/s1. The second-order valence-electron chi connectivity index (χ2n) is 14.2. The average Bonchev–Trinajstić information content (AvgIpc) is 3.33. The third kappa shape index (κ3) is 6.34. The molecule has 2 aromatic rings. The zero-order chi connectivity index (χ0) is 34.4. The molecule has 0 spiro atoms. The number of carbonyl (C=O) groups excluding carboxylic acids is 3. The number of alkyl carbamates (subject to hydrolysis) is 1. The van der Waals surface area contributed by atoms with Gasteiger partial charge in [0.1, 0.15) is 35.5 Å². The highest BCUT2D eigenvalue weighted by Crippen LogP contribution is 2.48. The van der Waals surface area contributed by atoms with Gasteiger partial charge < -0.3 is 30.2 Å². The molecule has 11 nitrogen and oxygen atoms in total. The van der Waals surface area contributed by atoms with Crippen LogP contribution in [0.25, 0.3) is 11.1 Å². The van der Waals surface area contributed by atoms with E-state index in [1.807, 2.05) is 48.5 Å². The van der Waals surface area contributed by atoms with Gasteiger partial charge in [-0.15, -0.1) is 0 Å². The fraction of sp³-hybridized carbons (Fsp3) is 0.514. The Kier molecular flexibility index (Phi) is 8.90. The highest BCUT2D eigenvalue weighted by Gasteiger charge is 2.66. The molecule has 13 heteroatoms. The second-order valence-corrected chi connectivity index (χ2v) is 14.2. The minimum absolute atomic E-state index is 0.0872. The molecule has 0 bridgehead atoms. The Morgan fingerprint density at radius 2 is 1.54 bits per heavy atom. The summed E-state index contributed by atoms with van der Waals surface area (Å²) < 4.78 is 32.7. The largest absolute Gasteiger partial charge is 0.479 e. The fourth-order valence-corrected chi connectivity index (χ4v) is 7.05. The zero-order valence-corrected chi connectivity index (χ0v) is 27.1.